The Balaban J connectivity index is 1.32. The summed E-state index contributed by atoms with van der Waals surface area (Å²) in [6, 6.07) is 24.7. The van der Waals surface area contributed by atoms with Gasteiger partial charge in [0, 0.05) is 18.5 Å². The highest BCUT2D eigenvalue weighted by Gasteiger charge is 2.39. The Bertz CT molecular complexity index is 1340. The van der Waals surface area contributed by atoms with Crippen molar-refractivity contribution in [2.45, 2.75) is 24.1 Å². The summed E-state index contributed by atoms with van der Waals surface area (Å²) in [5.41, 5.74) is 3.61. The first kappa shape index (κ1) is 24.6. The van der Waals surface area contributed by atoms with E-state index in [1.807, 2.05) is 59.6 Å². The maximum absolute atomic E-state index is 12.8. The summed E-state index contributed by atoms with van der Waals surface area (Å²) in [5.74, 6) is 0.879. The number of hydrogen-bond acceptors (Lipinski definition) is 7. The smallest absolute Gasteiger partial charge is 0.262 e. The van der Waals surface area contributed by atoms with Crippen molar-refractivity contribution in [3.8, 4) is 11.5 Å². The third-order valence-corrected chi connectivity index (χ3v) is 7.33. The molecule has 0 aliphatic carbocycles. The van der Waals surface area contributed by atoms with E-state index in [0.29, 0.717) is 23.0 Å². The maximum atomic E-state index is 12.8. The van der Waals surface area contributed by atoms with E-state index in [0.717, 1.165) is 22.6 Å². The molecule has 1 N–H and O–H groups in total. The number of carbonyl (C=O) groups is 2. The predicted molar refractivity (Wildman–Crippen MR) is 145 cm³/mol. The highest BCUT2D eigenvalue weighted by atomic mass is 32.2. The van der Waals surface area contributed by atoms with Gasteiger partial charge in [-0.3, -0.25) is 9.59 Å². The zero-order valence-corrected chi connectivity index (χ0v) is 21.3. The van der Waals surface area contributed by atoms with Crippen LogP contribution in [0.1, 0.15) is 30.0 Å². The Morgan fingerprint density at radius 1 is 0.973 bits per heavy atom. The van der Waals surface area contributed by atoms with Gasteiger partial charge >= 0.3 is 0 Å². The second-order valence-electron chi connectivity index (χ2n) is 8.57. The van der Waals surface area contributed by atoms with Gasteiger partial charge in [0.05, 0.1) is 26.0 Å². The van der Waals surface area contributed by atoms with Crippen LogP contribution in [0.5, 0.6) is 11.5 Å². The SMILES string of the molecule is COc1ccc(NC(=O)C[C@H]2SC(N3N=C(c4ccccc4)C[C@H]3c3ccc(OC)cc3)=NC2=O)cc1. The molecule has 0 saturated heterocycles. The van der Waals surface area contributed by atoms with Crippen LogP contribution < -0.4 is 14.8 Å². The highest BCUT2D eigenvalue weighted by molar-refractivity contribution is 8.15. The number of nitrogens with zero attached hydrogens (tertiary/aromatic N) is 3. The van der Waals surface area contributed by atoms with Crippen LogP contribution in [0, 0.1) is 0 Å². The summed E-state index contributed by atoms with van der Waals surface area (Å²) < 4.78 is 10.5. The number of methoxy groups -OCH3 is 2. The summed E-state index contributed by atoms with van der Waals surface area (Å²) in [5, 5.41) is 9.41. The summed E-state index contributed by atoms with van der Waals surface area (Å²) >= 11 is 1.28. The van der Waals surface area contributed by atoms with E-state index in [1.165, 1.54) is 11.8 Å². The fourth-order valence-electron chi connectivity index (χ4n) is 4.24. The van der Waals surface area contributed by atoms with Gasteiger partial charge in [0.25, 0.3) is 5.91 Å². The van der Waals surface area contributed by atoms with Crippen LogP contribution in [0.2, 0.25) is 0 Å². The molecular formula is C28H26N4O4S. The van der Waals surface area contributed by atoms with Crippen molar-refractivity contribution in [1.82, 2.24) is 5.01 Å². The molecule has 3 aromatic rings. The molecule has 2 heterocycles. The molecule has 8 nitrogen and oxygen atoms in total. The predicted octanol–water partition coefficient (Wildman–Crippen LogP) is 4.88. The molecule has 0 fully saturated rings. The van der Waals surface area contributed by atoms with Crippen molar-refractivity contribution in [3.63, 3.8) is 0 Å². The summed E-state index contributed by atoms with van der Waals surface area (Å²) in [7, 11) is 3.22. The number of nitrogens with one attached hydrogen (secondary N) is 1. The third kappa shape index (κ3) is 5.51. The van der Waals surface area contributed by atoms with E-state index in [-0.39, 0.29) is 24.3 Å². The second kappa shape index (κ2) is 10.9. The molecule has 188 valence electrons. The first-order valence-corrected chi connectivity index (χ1v) is 12.7. The number of amidine groups is 1. The fourth-order valence-corrected chi connectivity index (χ4v) is 5.30. The van der Waals surface area contributed by atoms with Crippen molar-refractivity contribution in [1.29, 1.82) is 0 Å². The van der Waals surface area contributed by atoms with Crippen molar-refractivity contribution >= 4 is 40.1 Å². The zero-order valence-electron chi connectivity index (χ0n) is 20.5. The number of benzene rings is 3. The topological polar surface area (TPSA) is 92.6 Å². The number of carbonyl (C=O) groups excluding carboxylic acids is 2. The minimum Gasteiger partial charge on any atom is -0.497 e. The van der Waals surface area contributed by atoms with Crippen LogP contribution in [-0.4, -0.2) is 47.2 Å². The van der Waals surface area contributed by atoms with E-state index >= 15 is 0 Å². The Morgan fingerprint density at radius 3 is 2.27 bits per heavy atom. The van der Waals surface area contributed by atoms with Crippen LogP contribution >= 0.6 is 11.8 Å². The van der Waals surface area contributed by atoms with Crippen LogP contribution in [-0.2, 0) is 9.59 Å². The van der Waals surface area contributed by atoms with E-state index in [4.69, 9.17) is 14.6 Å². The van der Waals surface area contributed by atoms with Gasteiger partial charge in [-0.25, -0.2) is 5.01 Å². The highest BCUT2D eigenvalue weighted by Crippen LogP contribution is 2.39. The molecule has 0 radical (unpaired) electrons. The monoisotopic (exact) mass is 514 g/mol. The van der Waals surface area contributed by atoms with Crippen LogP contribution in [0.3, 0.4) is 0 Å². The van der Waals surface area contributed by atoms with Crippen LogP contribution in [0.4, 0.5) is 5.69 Å². The van der Waals surface area contributed by atoms with Crippen molar-refractivity contribution in [2.24, 2.45) is 10.1 Å². The molecule has 0 unspecified atom stereocenters. The first-order valence-electron chi connectivity index (χ1n) is 11.8. The number of aliphatic imine (C=N–C) groups is 1. The molecule has 0 spiro atoms. The number of ether oxygens (including phenoxy) is 2. The third-order valence-electron chi connectivity index (χ3n) is 6.19. The summed E-state index contributed by atoms with van der Waals surface area (Å²) in [4.78, 5) is 29.8. The van der Waals surface area contributed by atoms with Crippen LogP contribution in [0.15, 0.2) is 89.0 Å². The molecule has 0 bridgehead atoms. The fraction of sp³-hybridized carbons (Fsp3) is 0.214. The summed E-state index contributed by atoms with van der Waals surface area (Å²) in [6.07, 6.45) is 0.672. The van der Waals surface area contributed by atoms with Gasteiger partial charge in [-0.2, -0.15) is 10.1 Å². The molecule has 0 aromatic heterocycles. The number of amides is 2. The summed E-state index contributed by atoms with van der Waals surface area (Å²) in [6.45, 7) is 0. The van der Waals surface area contributed by atoms with Gasteiger partial charge in [-0.15, -0.1) is 0 Å². The lowest BCUT2D eigenvalue weighted by molar-refractivity contribution is -0.121. The molecule has 0 saturated carbocycles. The van der Waals surface area contributed by atoms with E-state index in [2.05, 4.69) is 10.3 Å². The largest absolute Gasteiger partial charge is 0.497 e. The maximum Gasteiger partial charge on any atom is 0.262 e. The molecule has 9 heteroatoms. The lowest BCUT2D eigenvalue weighted by Crippen LogP contribution is -2.25. The van der Waals surface area contributed by atoms with E-state index < -0.39 is 5.25 Å². The quantitative estimate of drug-likeness (QED) is 0.483. The van der Waals surface area contributed by atoms with Gasteiger partial charge < -0.3 is 14.8 Å². The second-order valence-corrected chi connectivity index (χ2v) is 9.74. The lowest BCUT2D eigenvalue weighted by Gasteiger charge is -2.23. The van der Waals surface area contributed by atoms with Gasteiger partial charge in [0.15, 0.2) is 5.17 Å². The molecule has 5 rings (SSSR count). The average Bonchev–Trinajstić information content (AvgIpc) is 3.53. The van der Waals surface area contributed by atoms with Crippen molar-refractivity contribution < 1.29 is 19.1 Å². The van der Waals surface area contributed by atoms with E-state index in [1.54, 1.807) is 38.5 Å². The van der Waals surface area contributed by atoms with E-state index in [9.17, 15) is 9.59 Å². The average molecular weight is 515 g/mol. The standard InChI is InChI=1S/C28H26N4O4S/c1-35-21-12-8-19(9-13-21)24-16-23(18-6-4-3-5-7-18)31-32(24)28-30-27(34)25(37-28)17-26(33)29-20-10-14-22(36-2)15-11-20/h3-15,24-25H,16-17H2,1-2H3,(H,29,33)/t24-,25+/m0/s1. The molecule has 37 heavy (non-hydrogen) atoms. The first-order chi connectivity index (χ1) is 18.0. The molecular weight excluding hydrogens is 488 g/mol. The minimum atomic E-state index is -0.610. The minimum absolute atomic E-state index is 0.0127. The molecule has 2 amide bonds. The Morgan fingerprint density at radius 2 is 1.62 bits per heavy atom. The normalized spacial score (nSPS) is 18.9. The number of anilines is 1. The zero-order chi connectivity index (χ0) is 25.8. The van der Waals surface area contributed by atoms with Crippen molar-refractivity contribution in [2.75, 3.05) is 19.5 Å². The Hall–Kier alpha value is -4.11. The Labute approximate surface area is 219 Å². The number of hydrogen-bond donors (Lipinski definition) is 1. The molecule has 2 atom stereocenters. The van der Waals surface area contributed by atoms with Gasteiger partial charge in [-0.05, 0) is 47.5 Å². The van der Waals surface area contributed by atoms with Crippen molar-refractivity contribution in [3.05, 3.63) is 90.0 Å². The number of thioether (sulfide) groups is 1. The van der Waals surface area contributed by atoms with Gasteiger partial charge in [-0.1, -0.05) is 54.2 Å². The molecule has 2 aliphatic rings. The number of hydrazone groups is 1. The van der Waals surface area contributed by atoms with Gasteiger partial charge in [0.2, 0.25) is 5.91 Å². The molecule has 3 aromatic carbocycles. The van der Waals surface area contributed by atoms with Gasteiger partial charge in [0.1, 0.15) is 16.7 Å². The molecule has 2 aliphatic heterocycles. The lowest BCUT2D eigenvalue weighted by atomic mass is 9.98. The van der Waals surface area contributed by atoms with Crippen LogP contribution in [0.25, 0.3) is 0 Å². The number of rotatable bonds is 7. The Kier molecular flexibility index (Phi) is 7.23.